The molecule has 2 fully saturated rings. The number of rotatable bonds is 8. The van der Waals surface area contributed by atoms with Crippen molar-refractivity contribution in [1.82, 2.24) is 38.9 Å². The quantitative estimate of drug-likeness (QED) is 0.137. The smallest absolute Gasteiger partial charge is 0.354 e. The Morgan fingerprint density at radius 1 is 0.622 bits per heavy atom. The molecule has 420 valence electrons. The summed E-state index contributed by atoms with van der Waals surface area (Å²) in [6.45, 7) is 21.9. The number of pyridine rings is 2. The van der Waals surface area contributed by atoms with Gasteiger partial charge in [-0.15, -0.1) is 0 Å². The molecule has 0 bridgehead atoms. The Hall–Kier alpha value is -9.46. The number of anilines is 2. The number of carbonyl (C=O) groups is 2. The summed E-state index contributed by atoms with van der Waals surface area (Å²) in [4.78, 5) is 78.6. The Labute approximate surface area is 470 Å². The highest BCUT2D eigenvalue weighted by Crippen LogP contribution is 2.46. The molecule has 18 nitrogen and oxygen atoms in total. The number of ether oxygens (including phenoxy) is 2. The molecule has 12 rings (SSSR count). The molecule has 0 unspecified atom stereocenters. The van der Waals surface area contributed by atoms with Gasteiger partial charge in [-0.1, -0.05) is 53.0 Å². The number of hydrogen-bond donors (Lipinski definition) is 2. The lowest BCUT2D eigenvalue weighted by Crippen LogP contribution is -2.56. The fourth-order valence-corrected chi connectivity index (χ4v) is 11.7. The molecule has 4 aliphatic rings. The van der Waals surface area contributed by atoms with Gasteiger partial charge in [0.1, 0.15) is 59.5 Å². The first kappa shape index (κ1) is 54.5. The number of fused-ring (bicyclic) bond motifs is 4. The zero-order valence-electron chi connectivity index (χ0n) is 46.2. The number of phenols is 2. The lowest BCUT2D eigenvalue weighted by Gasteiger charge is -2.40. The SMILES string of the molecule is C=CC(=O)N1CCN2c3nc(=O)n(-c4c(C)ccnc4C(C)C)c4cc(-c5c(O)cccc5F)cc(c34)OC[C@@H]2C1.C=CC(=O)N1CCN2c3nc(=O)n(-c4c(C)ccnc4C(C)C)c4cc(-c5c(O)cccc5F)cc(c34)OC[C@@H]2C1. The lowest BCUT2D eigenvalue weighted by molar-refractivity contribution is -0.127. The summed E-state index contributed by atoms with van der Waals surface area (Å²) in [6, 6.07) is 18.1. The molecule has 82 heavy (non-hydrogen) atoms. The Kier molecular flexibility index (Phi) is 14.3. The van der Waals surface area contributed by atoms with E-state index in [1.54, 1.807) is 46.5 Å². The number of hydrogen-bond acceptors (Lipinski definition) is 14. The molecule has 0 radical (unpaired) electrons. The van der Waals surface area contributed by atoms with Gasteiger partial charge in [0, 0.05) is 51.7 Å². The van der Waals surface area contributed by atoms with Gasteiger partial charge in [-0.3, -0.25) is 28.7 Å². The number of piperazine rings is 2. The fourth-order valence-electron chi connectivity index (χ4n) is 11.7. The second-order valence-electron chi connectivity index (χ2n) is 21.4. The van der Waals surface area contributed by atoms with Crippen LogP contribution in [0.4, 0.5) is 20.4 Å². The number of benzene rings is 4. The van der Waals surface area contributed by atoms with Crippen LogP contribution in [0.3, 0.4) is 0 Å². The molecule has 4 aromatic carbocycles. The van der Waals surface area contributed by atoms with Crippen molar-refractivity contribution in [2.75, 3.05) is 62.3 Å². The average Bonchev–Trinajstić information content (AvgIpc) is 2.51. The van der Waals surface area contributed by atoms with Crippen molar-refractivity contribution in [2.45, 2.75) is 65.5 Å². The summed E-state index contributed by atoms with van der Waals surface area (Å²) in [5.74, 6) is -0.337. The number of nitrogens with zero attached hydrogens (tertiary/aromatic N) is 10. The van der Waals surface area contributed by atoms with Gasteiger partial charge >= 0.3 is 11.4 Å². The van der Waals surface area contributed by atoms with Crippen LogP contribution in [0.2, 0.25) is 0 Å². The zero-order chi connectivity index (χ0) is 58.0. The summed E-state index contributed by atoms with van der Waals surface area (Å²) in [5, 5.41) is 22.5. The third kappa shape index (κ3) is 9.40. The summed E-state index contributed by atoms with van der Waals surface area (Å²) in [7, 11) is 0. The van der Waals surface area contributed by atoms with Crippen molar-refractivity contribution >= 4 is 45.3 Å². The molecule has 2 saturated heterocycles. The average molecular weight is 1110 g/mol. The standard InChI is InChI=1S/2C31H30FN5O4/c2*1-5-25(39)35-11-12-36-20(15-35)16-41-24-14-19(26-21(32)7-6-8-23(26)38)13-22-27(24)30(36)34-31(40)37(22)29-18(4)9-10-33-28(29)17(2)3/h2*5-10,13-14,17,20,38H,1,11-12,15-16H2,2-4H3/t2*20-/m00/s1. The highest BCUT2D eigenvalue weighted by atomic mass is 19.1. The molecule has 4 aliphatic heterocycles. The Balaban J connectivity index is 0.000000172. The number of aromatic hydroxyl groups is 2. The van der Waals surface area contributed by atoms with Crippen LogP contribution in [0.5, 0.6) is 23.0 Å². The van der Waals surface area contributed by atoms with Crippen molar-refractivity contribution in [2.24, 2.45) is 0 Å². The summed E-state index contributed by atoms with van der Waals surface area (Å²) in [5.41, 5.74) is 4.89. The van der Waals surface area contributed by atoms with E-state index in [9.17, 15) is 29.4 Å². The van der Waals surface area contributed by atoms with E-state index in [4.69, 9.17) is 9.47 Å². The molecular weight excluding hydrogens is 1050 g/mol. The van der Waals surface area contributed by atoms with Crippen LogP contribution in [0.25, 0.3) is 55.4 Å². The van der Waals surface area contributed by atoms with Gasteiger partial charge in [0.05, 0.1) is 67.8 Å². The number of carbonyl (C=O) groups excluding carboxylic acids is 2. The normalized spacial score (nSPS) is 16.4. The monoisotopic (exact) mass is 1110 g/mol. The predicted molar refractivity (Wildman–Crippen MR) is 309 cm³/mol. The van der Waals surface area contributed by atoms with E-state index in [-0.39, 0.29) is 71.6 Å². The molecule has 0 aliphatic carbocycles. The van der Waals surface area contributed by atoms with E-state index in [0.717, 1.165) is 11.1 Å². The second kappa shape index (κ2) is 21.5. The minimum absolute atomic E-state index is 0.00308. The predicted octanol–water partition coefficient (Wildman–Crippen LogP) is 8.64. The van der Waals surface area contributed by atoms with Gasteiger partial charge in [0.15, 0.2) is 0 Å². The van der Waals surface area contributed by atoms with Crippen molar-refractivity contribution in [3.05, 3.63) is 166 Å². The van der Waals surface area contributed by atoms with E-state index >= 15 is 8.78 Å². The second-order valence-corrected chi connectivity index (χ2v) is 21.4. The van der Waals surface area contributed by atoms with E-state index in [1.807, 2.05) is 63.5 Å². The van der Waals surface area contributed by atoms with Crippen LogP contribution in [0.15, 0.2) is 120 Å². The Bertz CT molecular complexity index is 3790. The fraction of sp³-hybridized carbons (Fsp3) is 0.290. The number of amides is 2. The van der Waals surface area contributed by atoms with Crippen LogP contribution in [0, 0.1) is 25.5 Å². The maximum atomic E-state index is 15.1. The number of aromatic nitrogens is 6. The third-order valence-corrected chi connectivity index (χ3v) is 15.6. The number of aryl methyl sites for hydroxylation is 2. The van der Waals surface area contributed by atoms with Crippen LogP contribution < -0.4 is 30.7 Å². The van der Waals surface area contributed by atoms with Crippen LogP contribution >= 0.6 is 0 Å². The summed E-state index contributed by atoms with van der Waals surface area (Å²) >= 11 is 0. The maximum Gasteiger partial charge on any atom is 0.354 e. The van der Waals surface area contributed by atoms with Gasteiger partial charge in [-0.2, -0.15) is 9.97 Å². The molecule has 8 heterocycles. The molecular formula is C62H60F2N10O8. The Morgan fingerprint density at radius 2 is 1.02 bits per heavy atom. The third-order valence-electron chi connectivity index (χ3n) is 15.6. The first-order valence-corrected chi connectivity index (χ1v) is 27.1. The van der Waals surface area contributed by atoms with Crippen molar-refractivity contribution in [3.63, 3.8) is 0 Å². The van der Waals surface area contributed by atoms with E-state index in [0.29, 0.717) is 118 Å². The van der Waals surface area contributed by atoms with Crippen molar-refractivity contribution in [1.29, 1.82) is 0 Å². The molecule has 2 atom stereocenters. The highest BCUT2D eigenvalue weighted by molar-refractivity contribution is 6.02. The van der Waals surface area contributed by atoms with Crippen molar-refractivity contribution in [3.8, 4) is 56.6 Å². The van der Waals surface area contributed by atoms with Gasteiger partial charge in [-0.05, 0) is 121 Å². The van der Waals surface area contributed by atoms with Crippen molar-refractivity contribution < 1.29 is 38.1 Å². The molecule has 2 N–H and O–H groups in total. The van der Waals surface area contributed by atoms with Gasteiger partial charge in [0.25, 0.3) is 0 Å². The van der Waals surface area contributed by atoms with Crippen LogP contribution in [-0.2, 0) is 9.59 Å². The first-order chi connectivity index (χ1) is 39.4. The van der Waals surface area contributed by atoms with Gasteiger partial charge in [0.2, 0.25) is 11.8 Å². The Morgan fingerprint density at radius 3 is 1.39 bits per heavy atom. The zero-order valence-corrected chi connectivity index (χ0v) is 46.2. The molecule has 8 aromatic rings. The minimum Gasteiger partial charge on any atom is -0.507 e. The lowest BCUT2D eigenvalue weighted by atomic mass is 10.00. The van der Waals surface area contributed by atoms with E-state index < -0.39 is 23.0 Å². The topological polar surface area (TPSA) is 202 Å². The molecule has 0 spiro atoms. The molecule has 4 aromatic heterocycles. The molecule has 2 amide bonds. The molecule has 0 saturated carbocycles. The summed E-state index contributed by atoms with van der Waals surface area (Å²) < 4.78 is 46.0. The van der Waals surface area contributed by atoms with E-state index in [2.05, 4.69) is 33.1 Å². The highest BCUT2D eigenvalue weighted by Gasteiger charge is 2.38. The van der Waals surface area contributed by atoms with Crippen LogP contribution in [0.1, 0.15) is 62.0 Å². The number of phenolic OH excluding ortho intramolecular Hbond substituents is 2. The maximum absolute atomic E-state index is 15.1. The minimum atomic E-state index is -0.607. The van der Waals surface area contributed by atoms with E-state index in [1.165, 1.54) is 57.7 Å². The largest absolute Gasteiger partial charge is 0.507 e. The molecule has 20 heteroatoms. The van der Waals surface area contributed by atoms with Crippen LogP contribution in [-0.4, -0.2) is 125 Å². The van der Waals surface area contributed by atoms with Gasteiger partial charge < -0.3 is 39.3 Å². The summed E-state index contributed by atoms with van der Waals surface area (Å²) in [6.07, 6.45) is 6.00. The number of halogens is 2. The first-order valence-electron chi connectivity index (χ1n) is 27.1. The van der Waals surface area contributed by atoms with Gasteiger partial charge in [-0.25, -0.2) is 18.4 Å².